The number of hydrogen-bond acceptors (Lipinski definition) is 6. The molecule has 0 bridgehead atoms. The standard InChI is InChI=1S/C23H24N6O/c1-28-10-12-29(13-11-28)18-8-6-17(7-9-18)25-23-24-15-16-14-21(30)26-20-5-3-2-4-19(20)22(16)27-23/h2-9,15H,10-14H2,1H3,(H,26,30)(H,24,25,27). The number of nitrogens with zero attached hydrogens (tertiary/aromatic N) is 4. The number of piperazine rings is 1. The van der Waals surface area contributed by atoms with Gasteiger partial charge in [-0.3, -0.25) is 4.79 Å². The molecule has 0 radical (unpaired) electrons. The number of carbonyl (C=O) groups is 1. The van der Waals surface area contributed by atoms with E-state index in [0.29, 0.717) is 5.95 Å². The van der Waals surface area contributed by atoms with Crippen molar-refractivity contribution in [2.75, 3.05) is 48.8 Å². The molecule has 1 aromatic heterocycles. The molecule has 1 fully saturated rings. The normalized spacial score (nSPS) is 16.3. The first-order valence-electron chi connectivity index (χ1n) is 10.2. The highest BCUT2D eigenvalue weighted by molar-refractivity contribution is 5.99. The summed E-state index contributed by atoms with van der Waals surface area (Å²) in [5.74, 6) is 0.468. The number of fused-ring (bicyclic) bond motifs is 3. The van der Waals surface area contributed by atoms with Crippen LogP contribution in [-0.2, 0) is 11.2 Å². The van der Waals surface area contributed by atoms with Gasteiger partial charge in [-0.1, -0.05) is 18.2 Å². The van der Waals surface area contributed by atoms with Crippen molar-refractivity contribution in [3.8, 4) is 11.3 Å². The number of carbonyl (C=O) groups excluding carboxylic acids is 1. The van der Waals surface area contributed by atoms with Crippen LogP contribution in [0.2, 0.25) is 0 Å². The molecule has 7 heteroatoms. The number of amides is 1. The van der Waals surface area contributed by atoms with Crippen molar-refractivity contribution in [3.63, 3.8) is 0 Å². The molecule has 2 aliphatic heterocycles. The maximum absolute atomic E-state index is 12.2. The fourth-order valence-electron chi connectivity index (χ4n) is 3.94. The van der Waals surface area contributed by atoms with E-state index < -0.39 is 0 Å². The van der Waals surface area contributed by atoms with Crippen LogP contribution >= 0.6 is 0 Å². The molecule has 2 aromatic carbocycles. The predicted octanol–water partition coefficient (Wildman–Crippen LogP) is 3.13. The number of benzene rings is 2. The van der Waals surface area contributed by atoms with Gasteiger partial charge in [-0.05, 0) is 37.4 Å². The fourth-order valence-corrected chi connectivity index (χ4v) is 3.94. The SMILES string of the molecule is CN1CCN(c2ccc(Nc3ncc4c(n3)-c3ccccc3NC(=O)C4)cc2)CC1. The Morgan fingerprint density at radius 2 is 1.77 bits per heavy atom. The monoisotopic (exact) mass is 400 g/mol. The predicted molar refractivity (Wildman–Crippen MR) is 119 cm³/mol. The average molecular weight is 400 g/mol. The van der Waals surface area contributed by atoms with E-state index in [2.05, 4.69) is 56.7 Å². The molecule has 3 aromatic rings. The molecular formula is C23H24N6O. The Kier molecular flexibility index (Phi) is 4.80. The highest BCUT2D eigenvalue weighted by Gasteiger charge is 2.20. The molecular weight excluding hydrogens is 376 g/mol. The second-order valence-electron chi connectivity index (χ2n) is 7.80. The third kappa shape index (κ3) is 3.71. The molecule has 0 spiro atoms. The van der Waals surface area contributed by atoms with Crippen LogP contribution < -0.4 is 15.5 Å². The summed E-state index contributed by atoms with van der Waals surface area (Å²) in [6.07, 6.45) is 2.01. The van der Waals surface area contributed by atoms with Crippen LogP contribution in [0.5, 0.6) is 0 Å². The quantitative estimate of drug-likeness (QED) is 0.704. The third-order valence-corrected chi connectivity index (χ3v) is 5.66. The van der Waals surface area contributed by atoms with Crippen molar-refractivity contribution in [1.82, 2.24) is 14.9 Å². The van der Waals surface area contributed by atoms with Gasteiger partial charge in [0.25, 0.3) is 0 Å². The molecule has 0 saturated carbocycles. The Bertz CT molecular complexity index is 1070. The Morgan fingerprint density at radius 1 is 1.00 bits per heavy atom. The topological polar surface area (TPSA) is 73.4 Å². The zero-order chi connectivity index (χ0) is 20.5. The number of para-hydroxylation sites is 1. The van der Waals surface area contributed by atoms with Gasteiger partial charge >= 0.3 is 0 Å². The van der Waals surface area contributed by atoms with E-state index in [0.717, 1.165) is 54.4 Å². The van der Waals surface area contributed by atoms with Gasteiger partial charge in [0, 0.05) is 54.9 Å². The average Bonchev–Trinajstić information content (AvgIpc) is 2.90. The molecule has 7 nitrogen and oxygen atoms in total. The highest BCUT2D eigenvalue weighted by Crippen LogP contribution is 2.33. The summed E-state index contributed by atoms with van der Waals surface area (Å²) in [5.41, 5.74) is 5.47. The van der Waals surface area contributed by atoms with Crippen LogP contribution in [0.25, 0.3) is 11.3 Å². The molecule has 30 heavy (non-hydrogen) atoms. The first kappa shape index (κ1) is 18.6. The minimum absolute atomic E-state index is 0.0509. The van der Waals surface area contributed by atoms with Crippen molar-refractivity contribution in [2.45, 2.75) is 6.42 Å². The second-order valence-corrected chi connectivity index (χ2v) is 7.80. The van der Waals surface area contributed by atoms with Crippen LogP contribution in [0.4, 0.5) is 23.0 Å². The maximum Gasteiger partial charge on any atom is 0.228 e. The largest absolute Gasteiger partial charge is 0.369 e. The number of hydrogen-bond donors (Lipinski definition) is 2. The molecule has 0 aliphatic carbocycles. The lowest BCUT2D eigenvalue weighted by atomic mass is 10.1. The first-order chi connectivity index (χ1) is 14.7. The summed E-state index contributed by atoms with van der Waals surface area (Å²) in [5, 5.41) is 6.24. The van der Waals surface area contributed by atoms with Gasteiger partial charge in [0.2, 0.25) is 11.9 Å². The van der Waals surface area contributed by atoms with Crippen molar-refractivity contribution >= 4 is 28.9 Å². The van der Waals surface area contributed by atoms with Gasteiger partial charge < -0.3 is 20.4 Å². The van der Waals surface area contributed by atoms with Gasteiger partial charge in [-0.25, -0.2) is 9.97 Å². The summed E-state index contributed by atoms with van der Waals surface area (Å²) in [6.45, 7) is 4.26. The molecule has 5 rings (SSSR count). The van der Waals surface area contributed by atoms with E-state index in [4.69, 9.17) is 4.98 Å². The van der Waals surface area contributed by atoms with Gasteiger partial charge in [0.05, 0.1) is 17.8 Å². The van der Waals surface area contributed by atoms with E-state index in [1.807, 2.05) is 24.3 Å². The lowest BCUT2D eigenvalue weighted by molar-refractivity contribution is -0.115. The van der Waals surface area contributed by atoms with E-state index in [9.17, 15) is 4.79 Å². The number of likely N-dealkylation sites (N-methyl/N-ethyl adjacent to an activating group) is 1. The first-order valence-corrected chi connectivity index (χ1v) is 10.2. The van der Waals surface area contributed by atoms with E-state index in [1.165, 1.54) is 5.69 Å². The van der Waals surface area contributed by atoms with Gasteiger partial charge in [0.1, 0.15) is 0 Å². The van der Waals surface area contributed by atoms with Crippen LogP contribution in [0.15, 0.2) is 54.7 Å². The van der Waals surface area contributed by atoms with Crippen LogP contribution in [0.3, 0.4) is 0 Å². The number of anilines is 4. The summed E-state index contributed by atoms with van der Waals surface area (Å²) in [6, 6.07) is 16.1. The van der Waals surface area contributed by atoms with Crippen molar-refractivity contribution in [2.24, 2.45) is 0 Å². The molecule has 2 aliphatic rings. The van der Waals surface area contributed by atoms with Gasteiger partial charge in [-0.2, -0.15) is 0 Å². The Hall–Kier alpha value is -3.45. The van der Waals surface area contributed by atoms with Crippen molar-refractivity contribution in [3.05, 3.63) is 60.3 Å². The number of aromatic nitrogens is 2. The Balaban J connectivity index is 1.38. The smallest absolute Gasteiger partial charge is 0.228 e. The molecule has 3 heterocycles. The summed E-state index contributed by atoms with van der Waals surface area (Å²) >= 11 is 0. The van der Waals surface area contributed by atoms with Crippen LogP contribution in [0.1, 0.15) is 5.56 Å². The summed E-state index contributed by atoms with van der Waals surface area (Å²) in [7, 11) is 2.16. The molecule has 1 saturated heterocycles. The molecule has 1 amide bonds. The molecule has 0 unspecified atom stereocenters. The highest BCUT2D eigenvalue weighted by atomic mass is 16.1. The van der Waals surface area contributed by atoms with E-state index in [1.54, 1.807) is 6.20 Å². The van der Waals surface area contributed by atoms with E-state index >= 15 is 0 Å². The Labute approximate surface area is 175 Å². The number of rotatable bonds is 3. The van der Waals surface area contributed by atoms with Gasteiger partial charge in [-0.15, -0.1) is 0 Å². The minimum Gasteiger partial charge on any atom is -0.369 e. The lowest BCUT2D eigenvalue weighted by Crippen LogP contribution is -2.44. The zero-order valence-electron chi connectivity index (χ0n) is 16.9. The number of nitrogens with one attached hydrogen (secondary N) is 2. The van der Waals surface area contributed by atoms with Gasteiger partial charge in [0.15, 0.2) is 0 Å². The summed E-state index contributed by atoms with van der Waals surface area (Å²) < 4.78 is 0. The molecule has 2 N–H and O–H groups in total. The Morgan fingerprint density at radius 3 is 2.57 bits per heavy atom. The zero-order valence-corrected chi connectivity index (χ0v) is 16.9. The van der Waals surface area contributed by atoms with Crippen LogP contribution in [-0.4, -0.2) is 54.0 Å². The van der Waals surface area contributed by atoms with Crippen LogP contribution in [0, 0.1) is 0 Å². The molecule has 0 atom stereocenters. The minimum atomic E-state index is -0.0509. The lowest BCUT2D eigenvalue weighted by Gasteiger charge is -2.34. The van der Waals surface area contributed by atoms with Crippen molar-refractivity contribution < 1.29 is 4.79 Å². The fraction of sp³-hybridized carbons (Fsp3) is 0.261. The maximum atomic E-state index is 12.2. The molecule has 152 valence electrons. The third-order valence-electron chi connectivity index (χ3n) is 5.66. The van der Waals surface area contributed by atoms with E-state index in [-0.39, 0.29) is 12.3 Å². The second kappa shape index (κ2) is 7.76. The van der Waals surface area contributed by atoms with Crippen molar-refractivity contribution in [1.29, 1.82) is 0 Å². The summed E-state index contributed by atoms with van der Waals surface area (Å²) in [4.78, 5) is 26.1.